The van der Waals surface area contributed by atoms with Gasteiger partial charge in [0.25, 0.3) is 0 Å². The van der Waals surface area contributed by atoms with Crippen LogP contribution in [0.4, 0.5) is 0 Å². The number of hydrogen-bond donors (Lipinski definition) is 0. The van der Waals surface area contributed by atoms with Crippen LogP contribution in [-0.2, 0) is 9.47 Å². The molecule has 2 nitrogen and oxygen atoms in total. The first kappa shape index (κ1) is 14.7. The van der Waals surface area contributed by atoms with Gasteiger partial charge >= 0.3 is 0 Å². The molecule has 1 rings (SSSR count). The Morgan fingerprint density at radius 3 is 2.56 bits per heavy atom. The molecule has 0 heterocycles. The van der Waals surface area contributed by atoms with Crippen LogP contribution < -0.4 is 0 Å². The van der Waals surface area contributed by atoms with E-state index in [1.54, 1.807) is 7.11 Å². The Balaban J connectivity index is 2.40. The van der Waals surface area contributed by atoms with Crippen molar-refractivity contribution in [2.24, 2.45) is 0 Å². The number of methoxy groups -OCH3 is 1. The number of alkyl halides is 1. The Morgan fingerprint density at radius 2 is 1.94 bits per heavy atom. The molecule has 3 unspecified atom stereocenters. The molecule has 0 aromatic carbocycles. The van der Waals surface area contributed by atoms with Gasteiger partial charge in [-0.25, -0.2) is 0 Å². The topological polar surface area (TPSA) is 18.5 Å². The maximum Gasteiger partial charge on any atom is 0.0880 e. The van der Waals surface area contributed by atoms with E-state index in [0.717, 1.165) is 13.0 Å². The standard InChI is InChI=1S/C13H25IO2/c1-4-13(2,15-3)10-16-12-9-7-5-6-8-11(12)14/h11-12H,4-10H2,1-3H3. The molecule has 0 aliphatic heterocycles. The second-order valence-corrected chi connectivity index (χ2v) is 6.61. The fourth-order valence-electron chi connectivity index (χ4n) is 2.00. The fraction of sp³-hybridized carbons (Fsp3) is 1.00. The van der Waals surface area contributed by atoms with Gasteiger partial charge in [0.1, 0.15) is 0 Å². The highest BCUT2D eigenvalue weighted by Crippen LogP contribution is 2.27. The summed E-state index contributed by atoms with van der Waals surface area (Å²) in [7, 11) is 1.78. The van der Waals surface area contributed by atoms with E-state index in [0.29, 0.717) is 10.0 Å². The zero-order valence-electron chi connectivity index (χ0n) is 10.8. The Kier molecular flexibility index (Phi) is 6.59. The summed E-state index contributed by atoms with van der Waals surface area (Å²) in [6.45, 7) is 5.01. The zero-order chi connectivity index (χ0) is 12.0. The molecule has 0 saturated heterocycles. The lowest BCUT2D eigenvalue weighted by Crippen LogP contribution is -2.36. The van der Waals surface area contributed by atoms with Gasteiger partial charge in [-0.3, -0.25) is 0 Å². The monoisotopic (exact) mass is 340 g/mol. The van der Waals surface area contributed by atoms with Crippen molar-refractivity contribution in [2.75, 3.05) is 13.7 Å². The van der Waals surface area contributed by atoms with Crippen LogP contribution in [0.1, 0.15) is 52.4 Å². The first-order valence-electron chi connectivity index (χ1n) is 6.42. The summed E-state index contributed by atoms with van der Waals surface area (Å²) in [6.07, 6.45) is 8.02. The Morgan fingerprint density at radius 1 is 1.25 bits per heavy atom. The zero-order valence-corrected chi connectivity index (χ0v) is 13.0. The first-order chi connectivity index (χ1) is 7.61. The van der Waals surface area contributed by atoms with Crippen molar-refractivity contribution < 1.29 is 9.47 Å². The van der Waals surface area contributed by atoms with Crippen molar-refractivity contribution in [3.63, 3.8) is 0 Å². The van der Waals surface area contributed by atoms with Crippen LogP contribution in [0.2, 0.25) is 0 Å². The summed E-state index contributed by atoms with van der Waals surface area (Å²) in [5.74, 6) is 0. The van der Waals surface area contributed by atoms with Gasteiger partial charge in [-0.05, 0) is 26.2 Å². The van der Waals surface area contributed by atoms with Gasteiger partial charge in [0, 0.05) is 11.0 Å². The normalized spacial score (nSPS) is 30.8. The molecule has 3 heteroatoms. The Labute approximate surface area is 114 Å². The summed E-state index contributed by atoms with van der Waals surface area (Å²) in [5.41, 5.74) is -0.108. The Hall–Kier alpha value is 0.650. The van der Waals surface area contributed by atoms with E-state index in [9.17, 15) is 0 Å². The van der Waals surface area contributed by atoms with Gasteiger partial charge in [-0.1, -0.05) is 48.8 Å². The molecule has 0 aromatic rings. The van der Waals surface area contributed by atoms with E-state index < -0.39 is 0 Å². The molecule has 0 aromatic heterocycles. The summed E-state index contributed by atoms with van der Waals surface area (Å²) in [5, 5.41) is 0. The van der Waals surface area contributed by atoms with E-state index in [1.807, 2.05) is 0 Å². The number of hydrogen-bond acceptors (Lipinski definition) is 2. The molecular formula is C13H25IO2. The van der Waals surface area contributed by atoms with Gasteiger partial charge in [0.2, 0.25) is 0 Å². The average molecular weight is 340 g/mol. The predicted molar refractivity (Wildman–Crippen MR) is 76.3 cm³/mol. The lowest BCUT2D eigenvalue weighted by atomic mass is 10.0. The SMILES string of the molecule is CCC(C)(COC1CCCCCC1I)OC. The van der Waals surface area contributed by atoms with Crippen LogP contribution in [0, 0.1) is 0 Å². The van der Waals surface area contributed by atoms with Gasteiger partial charge < -0.3 is 9.47 Å². The van der Waals surface area contributed by atoms with Gasteiger partial charge in [-0.15, -0.1) is 0 Å². The quantitative estimate of drug-likeness (QED) is 0.429. The number of halogens is 1. The number of rotatable bonds is 5. The second kappa shape index (κ2) is 7.17. The lowest BCUT2D eigenvalue weighted by molar-refractivity contribution is -0.0873. The summed E-state index contributed by atoms with van der Waals surface area (Å²) >= 11 is 2.55. The largest absolute Gasteiger partial charge is 0.376 e. The predicted octanol–water partition coefficient (Wildman–Crippen LogP) is 3.95. The summed E-state index contributed by atoms with van der Waals surface area (Å²) in [4.78, 5) is 0. The molecule has 0 radical (unpaired) electrons. The molecule has 0 N–H and O–H groups in total. The highest BCUT2D eigenvalue weighted by molar-refractivity contribution is 14.1. The number of ether oxygens (including phenoxy) is 2. The van der Waals surface area contributed by atoms with E-state index in [1.165, 1.54) is 32.1 Å². The minimum Gasteiger partial charge on any atom is -0.376 e. The van der Waals surface area contributed by atoms with E-state index in [2.05, 4.69) is 36.4 Å². The van der Waals surface area contributed by atoms with Crippen LogP contribution in [0.3, 0.4) is 0 Å². The molecule has 3 atom stereocenters. The molecule has 1 fully saturated rings. The molecular weight excluding hydrogens is 315 g/mol. The molecule has 1 saturated carbocycles. The highest BCUT2D eigenvalue weighted by atomic mass is 127. The van der Waals surface area contributed by atoms with Crippen molar-refractivity contribution >= 4 is 22.6 Å². The Bertz CT molecular complexity index is 192. The van der Waals surface area contributed by atoms with E-state index >= 15 is 0 Å². The minimum absolute atomic E-state index is 0.108. The molecule has 16 heavy (non-hydrogen) atoms. The van der Waals surface area contributed by atoms with E-state index in [-0.39, 0.29) is 5.60 Å². The van der Waals surface area contributed by atoms with Crippen molar-refractivity contribution in [1.29, 1.82) is 0 Å². The average Bonchev–Trinajstić information content (AvgIpc) is 2.51. The summed E-state index contributed by atoms with van der Waals surface area (Å²) < 4.78 is 12.3. The van der Waals surface area contributed by atoms with Crippen molar-refractivity contribution in [2.45, 2.75) is 68.0 Å². The van der Waals surface area contributed by atoms with Crippen molar-refractivity contribution in [3.8, 4) is 0 Å². The molecule has 96 valence electrons. The summed E-state index contributed by atoms with van der Waals surface area (Å²) in [6, 6.07) is 0. The second-order valence-electron chi connectivity index (χ2n) is 5.01. The van der Waals surface area contributed by atoms with Crippen molar-refractivity contribution in [1.82, 2.24) is 0 Å². The molecule has 0 amide bonds. The molecule has 1 aliphatic carbocycles. The van der Waals surface area contributed by atoms with Crippen LogP contribution >= 0.6 is 22.6 Å². The van der Waals surface area contributed by atoms with Gasteiger partial charge in [-0.2, -0.15) is 0 Å². The van der Waals surface area contributed by atoms with Crippen LogP contribution in [0.5, 0.6) is 0 Å². The molecule has 0 bridgehead atoms. The van der Waals surface area contributed by atoms with Crippen LogP contribution in [0.15, 0.2) is 0 Å². The third-order valence-electron chi connectivity index (χ3n) is 3.72. The third-order valence-corrected chi connectivity index (χ3v) is 5.14. The van der Waals surface area contributed by atoms with E-state index in [4.69, 9.17) is 9.47 Å². The smallest absolute Gasteiger partial charge is 0.0880 e. The first-order valence-corrected chi connectivity index (χ1v) is 7.66. The fourth-order valence-corrected chi connectivity index (χ4v) is 3.01. The minimum atomic E-state index is -0.108. The maximum atomic E-state index is 6.09. The lowest BCUT2D eigenvalue weighted by Gasteiger charge is -2.30. The van der Waals surface area contributed by atoms with Crippen molar-refractivity contribution in [3.05, 3.63) is 0 Å². The highest BCUT2D eigenvalue weighted by Gasteiger charge is 2.27. The van der Waals surface area contributed by atoms with Crippen LogP contribution in [0.25, 0.3) is 0 Å². The maximum absolute atomic E-state index is 6.09. The van der Waals surface area contributed by atoms with Crippen LogP contribution in [-0.4, -0.2) is 29.3 Å². The molecule has 0 spiro atoms. The van der Waals surface area contributed by atoms with Gasteiger partial charge in [0.05, 0.1) is 18.3 Å². The molecule has 1 aliphatic rings. The van der Waals surface area contributed by atoms with Gasteiger partial charge in [0.15, 0.2) is 0 Å². The third kappa shape index (κ3) is 4.49.